The van der Waals surface area contributed by atoms with Gasteiger partial charge in [0.15, 0.2) is 0 Å². The molecule has 5 heteroatoms. The molecule has 1 N–H and O–H groups in total. The lowest BCUT2D eigenvalue weighted by molar-refractivity contribution is -0.0285. The second kappa shape index (κ2) is 6.93. The van der Waals surface area contributed by atoms with E-state index in [1.165, 1.54) is 10.8 Å². The molecule has 0 radical (unpaired) electrons. The number of ether oxygens (including phenoxy) is 2. The van der Waals surface area contributed by atoms with Crippen LogP contribution in [0.25, 0.3) is 10.8 Å². The highest BCUT2D eigenvalue weighted by Gasteiger charge is 2.20. The van der Waals surface area contributed by atoms with Gasteiger partial charge in [-0.25, -0.2) is 0 Å². The first-order valence-corrected chi connectivity index (χ1v) is 8.37. The van der Waals surface area contributed by atoms with E-state index in [9.17, 15) is 0 Å². The third-order valence-electron chi connectivity index (χ3n) is 4.22. The average Bonchev–Trinajstić information content (AvgIpc) is 3.01. The van der Waals surface area contributed by atoms with Gasteiger partial charge in [0.05, 0.1) is 25.9 Å². The predicted octanol–water partition coefficient (Wildman–Crippen LogP) is 3.49. The van der Waals surface area contributed by atoms with Crippen molar-refractivity contribution >= 4 is 16.6 Å². The number of anilines is 1. The predicted molar refractivity (Wildman–Crippen MR) is 94.6 cm³/mol. The summed E-state index contributed by atoms with van der Waals surface area (Å²) >= 11 is 0. The molecular formula is C19H21N3O2. The lowest BCUT2D eigenvalue weighted by atomic mass is 10.1. The molecular weight excluding hydrogens is 302 g/mol. The number of benzene rings is 2. The third-order valence-corrected chi connectivity index (χ3v) is 4.22. The van der Waals surface area contributed by atoms with E-state index in [1.54, 1.807) is 0 Å². The van der Waals surface area contributed by atoms with E-state index in [0.29, 0.717) is 12.6 Å². The standard InChI is InChI=1S/C19H21N3O2/c1-2-5-16-12-18(7-6-15(16)4-1)24-11-3-9-20-19-8-10-22(21-19)17-13-23-14-17/h1-2,4-8,10,12,17H,3,9,11,13-14H2,(H,20,21). The minimum atomic E-state index is 0.400. The number of nitrogens with one attached hydrogen (secondary N) is 1. The van der Waals surface area contributed by atoms with Gasteiger partial charge in [-0.3, -0.25) is 4.68 Å². The van der Waals surface area contributed by atoms with E-state index in [2.05, 4.69) is 34.7 Å². The van der Waals surface area contributed by atoms with Crippen LogP contribution < -0.4 is 10.1 Å². The quantitative estimate of drug-likeness (QED) is 0.676. The molecule has 0 atom stereocenters. The van der Waals surface area contributed by atoms with Crippen molar-refractivity contribution < 1.29 is 9.47 Å². The van der Waals surface area contributed by atoms with Gasteiger partial charge in [-0.1, -0.05) is 30.3 Å². The summed E-state index contributed by atoms with van der Waals surface area (Å²) in [5.74, 6) is 1.83. The van der Waals surface area contributed by atoms with Crippen LogP contribution in [0.15, 0.2) is 54.7 Å². The Morgan fingerprint density at radius 2 is 2.00 bits per heavy atom. The van der Waals surface area contributed by atoms with E-state index < -0.39 is 0 Å². The zero-order chi connectivity index (χ0) is 16.2. The van der Waals surface area contributed by atoms with E-state index in [-0.39, 0.29) is 0 Å². The summed E-state index contributed by atoms with van der Waals surface area (Å²) in [5.41, 5.74) is 0. The van der Waals surface area contributed by atoms with Crippen LogP contribution in [0.3, 0.4) is 0 Å². The van der Waals surface area contributed by atoms with Crippen LogP contribution in [0.5, 0.6) is 5.75 Å². The van der Waals surface area contributed by atoms with Crippen LogP contribution in [0, 0.1) is 0 Å². The SMILES string of the molecule is c1ccc2cc(OCCCNc3ccn(C4COC4)n3)ccc2c1. The van der Waals surface area contributed by atoms with Gasteiger partial charge in [0, 0.05) is 18.8 Å². The number of rotatable bonds is 7. The van der Waals surface area contributed by atoms with E-state index in [4.69, 9.17) is 9.47 Å². The van der Waals surface area contributed by atoms with Gasteiger partial charge < -0.3 is 14.8 Å². The minimum Gasteiger partial charge on any atom is -0.494 e. The Balaban J connectivity index is 1.21. The Morgan fingerprint density at radius 3 is 2.83 bits per heavy atom. The number of hydrogen-bond acceptors (Lipinski definition) is 4. The highest BCUT2D eigenvalue weighted by atomic mass is 16.5. The fourth-order valence-electron chi connectivity index (χ4n) is 2.75. The first-order chi connectivity index (χ1) is 11.9. The summed E-state index contributed by atoms with van der Waals surface area (Å²) in [6.45, 7) is 3.05. The summed E-state index contributed by atoms with van der Waals surface area (Å²) in [6.07, 6.45) is 2.92. The number of hydrogen-bond donors (Lipinski definition) is 1. The molecule has 4 rings (SSSR count). The second-order valence-corrected chi connectivity index (χ2v) is 6.01. The highest BCUT2D eigenvalue weighted by molar-refractivity contribution is 5.83. The van der Waals surface area contributed by atoms with Crippen molar-refractivity contribution in [1.29, 1.82) is 0 Å². The molecule has 1 aliphatic heterocycles. The molecule has 0 unspecified atom stereocenters. The lowest BCUT2D eigenvalue weighted by Gasteiger charge is -2.25. The molecule has 0 aliphatic carbocycles. The van der Waals surface area contributed by atoms with Crippen molar-refractivity contribution in [1.82, 2.24) is 9.78 Å². The van der Waals surface area contributed by atoms with Gasteiger partial charge >= 0.3 is 0 Å². The summed E-state index contributed by atoms with van der Waals surface area (Å²) < 4.78 is 13.0. The Kier molecular flexibility index (Phi) is 4.34. The highest BCUT2D eigenvalue weighted by Crippen LogP contribution is 2.20. The van der Waals surface area contributed by atoms with Crippen molar-refractivity contribution in [3.63, 3.8) is 0 Å². The Labute approximate surface area is 141 Å². The minimum absolute atomic E-state index is 0.400. The molecule has 0 amide bonds. The number of nitrogens with zero attached hydrogens (tertiary/aromatic N) is 2. The van der Waals surface area contributed by atoms with Gasteiger partial charge in [-0.05, 0) is 29.3 Å². The summed E-state index contributed by atoms with van der Waals surface area (Å²) in [5, 5.41) is 10.3. The molecule has 2 heterocycles. The van der Waals surface area contributed by atoms with Gasteiger partial charge in [0.2, 0.25) is 0 Å². The van der Waals surface area contributed by atoms with Crippen LogP contribution in [-0.4, -0.2) is 36.1 Å². The van der Waals surface area contributed by atoms with E-state index in [1.807, 2.05) is 35.1 Å². The first-order valence-electron chi connectivity index (χ1n) is 8.37. The molecule has 5 nitrogen and oxygen atoms in total. The molecule has 0 saturated carbocycles. The zero-order valence-electron chi connectivity index (χ0n) is 13.5. The molecule has 3 aromatic rings. The molecule has 1 saturated heterocycles. The molecule has 0 bridgehead atoms. The van der Waals surface area contributed by atoms with E-state index >= 15 is 0 Å². The maximum Gasteiger partial charge on any atom is 0.147 e. The summed E-state index contributed by atoms with van der Waals surface area (Å²) in [4.78, 5) is 0. The first kappa shape index (κ1) is 15.0. The maximum absolute atomic E-state index is 5.84. The zero-order valence-corrected chi connectivity index (χ0v) is 13.5. The van der Waals surface area contributed by atoms with Crippen LogP contribution in [-0.2, 0) is 4.74 Å². The molecule has 0 spiro atoms. The van der Waals surface area contributed by atoms with Crippen molar-refractivity contribution in [3.05, 3.63) is 54.7 Å². The van der Waals surface area contributed by atoms with Crippen LogP contribution >= 0.6 is 0 Å². The summed E-state index contributed by atoms with van der Waals surface area (Å²) in [6, 6.07) is 16.9. The molecule has 1 aromatic heterocycles. The molecule has 1 aliphatic rings. The Bertz CT molecular complexity index is 811. The average molecular weight is 323 g/mol. The monoisotopic (exact) mass is 323 g/mol. The Hall–Kier alpha value is -2.53. The topological polar surface area (TPSA) is 48.3 Å². The largest absolute Gasteiger partial charge is 0.494 e. The fraction of sp³-hybridized carbons (Fsp3) is 0.316. The summed E-state index contributed by atoms with van der Waals surface area (Å²) in [7, 11) is 0. The second-order valence-electron chi connectivity index (χ2n) is 6.01. The van der Waals surface area contributed by atoms with Crippen molar-refractivity contribution in [2.45, 2.75) is 12.5 Å². The van der Waals surface area contributed by atoms with Crippen molar-refractivity contribution in [2.24, 2.45) is 0 Å². The van der Waals surface area contributed by atoms with Crippen LogP contribution in [0.4, 0.5) is 5.82 Å². The van der Waals surface area contributed by atoms with Gasteiger partial charge in [-0.2, -0.15) is 5.10 Å². The smallest absolute Gasteiger partial charge is 0.147 e. The van der Waals surface area contributed by atoms with E-state index in [0.717, 1.165) is 37.7 Å². The van der Waals surface area contributed by atoms with Gasteiger partial charge in [0.1, 0.15) is 11.6 Å². The molecule has 2 aromatic carbocycles. The number of fused-ring (bicyclic) bond motifs is 1. The van der Waals surface area contributed by atoms with Crippen molar-refractivity contribution in [2.75, 3.05) is 31.7 Å². The Morgan fingerprint density at radius 1 is 1.12 bits per heavy atom. The van der Waals surface area contributed by atoms with Gasteiger partial charge in [-0.15, -0.1) is 0 Å². The fourth-order valence-corrected chi connectivity index (χ4v) is 2.75. The van der Waals surface area contributed by atoms with Crippen LogP contribution in [0.2, 0.25) is 0 Å². The third kappa shape index (κ3) is 3.36. The van der Waals surface area contributed by atoms with Crippen LogP contribution in [0.1, 0.15) is 12.5 Å². The maximum atomic E-state index is 5.84. The lowest BCUT2D eigenvalue weighted by Crippen LogP contribution is -2.30. The molecule has 1 fully saturated rings. The number of aromatic nitrogens is 2. The van der Waals surface area contributed by atoms with Crippen molar-refractivity contribution in [3.8, 4) is 5.75 Å². The normalized spacial score (nSPS) is 14.5. The molecule has 24 heavy (non-hydrogen) atoms. The van der Waals surface area contributed by atoms with Gasteiger partial charge in [0.25, 0.3) is 0 Å². The molecule has 124 valence electrons.